The smallest absolute Gasteiger partial charge is 0.291 e. The first-order valence-corrected chi connectivity index (χ1v) is 7.35. The highest BCUT2D eigenvalue weighted by molar-refractivity contribution is 6.31. The van der Waals surface area contributed by atoms with E-state index in [9.17, 15) is 9.59 Å². The van der Waals surface area contributed by atoms with Crippen molar-refractivity contribution in [1.29, 1.82) is 0 Å². The van der Waals surface area contributed by atoms with Gasteiger partial charge >= 0.3 is 0 Å². The van der Waals surface area contributed by atoms with Crippen molar-refractivity contribution < 1.29 is 14.0 Å². The fourth-order valence-corrected chi connectivity index (χ4v) is 2.20. The molecule has 2 N–H and O–H groups in total. The molecule has 2 rings (SSSR count). The van der Waals surface area contributed by atoms with Crippen molar-refractivity contribution in [2.45, 2.75) is 6.54 Å². The van der Waals surface area contributed by atoms with Gasteiger partial charge in [0.2, 0.25) is 0 Å². The van der Waals surface area contributed by atoms with Gasteiger partial charge < -0.3 is 20.0 Å². The molecule has 0 atom stereocenters. The minimum Gasteiger partial charge on any atom is -0.455 e. The van der Waals surface area contributed by atoms with E-state index in [0.717, 1.165) is 0 Å². The third-order valence-corrected chi connectivity index (χ3v) is 3.29. The maximum Gasteiger partial charge on any atom is 0.291 e. The molecule has 1 aromatic carbocycles. The van der Waals surface area contributed by atoms with E-state index in [1.54, 1.807) is 24.3 Å². The third kappa shape index (κ3) is 4.34. The summed E-state index contributed by atoms with van der Waals surface area (Å²) in [6.45, 7) is 0.595. The number of anilines is 1. The van der Waals surface area contributed by atoms with Gasteiger partial charge in [0.1, 0.15) is 5.76 Å². The van der Waals surface area contributed by atoms with Crippen LogP contribution in [0, 0.1) is 0 Å². The SMILES string of the molecule is CNC(=O)c1cc(Cl)ccc1NC(=O)c1ccc(CN(C)C)o1. The molecule has 1 heterocycles. The van der Waals surface area contributed by atoms with Gasteiger partial charge in [0.05, 0.1) is 17.8 Å². The van der Waals surface area contributed by atoms with E-state index >= 15 is 0 Å². The number of halogens is 1. The van der Waals surface area contributed by atoms with Crippen LogP contribution < -0.4 is 10.6 Å². The van der Waals surface area contributed by atoms with Crippen LogP contribution >= 0.6 is 11.6 Å². The molecular formula is C16H18ClN3O3. The lowest BCUT2D eigenvalue weighted by Crippen LogP contribution is -2.21. The van der Waals surface area contributed by atoms with Crippen LogP contribution in [0.4, 0.5) is 5.69 Å². The molecule has 7 heteroatoms. The van der Waals surface area contributed by atoms with E-state index in [0.29, 0.717) is 23.0 Å². The summed E-state index contributed by atoms with van der Waals surface area (Å²) in [4.78, 5) is 26.1. The van der Waals surface area contributed by atoms with Crippen LogP contribution in [-0.2, 0) is 6.54 Å². The van der Waals surface area contributed by atoms with Gasteiger partial charge in [-0.2, -0.15) is 0 Å². The molecule has 6 nitrogen and oxygen atoms in total. The lowest BCUT2D eigenvalue weighted by atomic mass is 10.1. The molecule has 2 aromatic rings. The van der Waals surface area contributed by atoms with Crippen LogP contribution in [0.25, 0.3) is 0 Å². The maximum absolute atomic E-state index is 12.3. The Bertz CT molecular complexity index is 725. The van der Waals surface area contributed by atoms with Crippen LogP contribution in [0.5, 0.6) is 0 Å². The summed E-state index contributed by atoms with van der Waals surface area (Å²) < 4.78 is 5.50. The first kappa shape index (κ1) is 17.1. The average molecular weight is 336 g/mol. The van der Waals surface area contributed by atoms with Gasteiger partial charge in [-0.05, 0) is 44.4 Å². The Labute approximate surface area is 139 Å². The molecule has 0 aliphatic heterocycles. The largest absolute Gasteiger partial charge is 0.455 e. The number of furan rings is 1. The number of carbonyl (C=O) groups excluding carboxylic acids is 2. The van der Waals surface area contributed by atoms with Crippen molar-refractivity contribution in [3.8, 4) is 0 Å². The maximum atomic E-state index is 12.3. The van der Waals surface area contributed by atoms with Gasteiger partial charge in [-0.15, -0.1) is 0 Å². The molecule has 1 aromatic heterocycles. The predicted molar refractivity (Wildman–Crippen MR) is 88.9 cm³/mol. The molecule has 0 saturated carbocycles. The summed E-state index contributed by atoms with van der Waals surface area (Å²) in [5, 5.41) is 5.59. The van der Waals surface area contributed by atoms with E-state index in [4.69, 9.17) is 16.0 Å². The topological polar surface area (TPSA) is 74.6 Å². The molecule has 2 amide bonds. The van der Waals surface area contributed by atoms with Crippen molar-refractivity contribution in [3.63, 3.8) is 0 Å². The average Bonchev–Trinajstić information content (AvgIpc) is 2.96. The minimum absolute atomic E-state index is 0.180. The molecule has 0 aliphatic carbocycles. The summed E-state index contributed by atoms with van der Waals surface area (Å²) in [7, 11) is 5.33. The number of nitrogens with one attached hydrogen (secondary N) is 2. The molecular weight excluding hydrogens is 318 g/mol. The van der Waals surface area contributed by atoms with Crippen LogP contribution in [-0.4, -0.2) is 37.9 Å². The number of hydrogen-bond donors (Lipinski definition) is 2. The highest BCUT2D eigenvalue weighted by Gasteiger charge is 2.16. The Morgan fingerprint density at radius 2 is 1.91 bits per heavy atom. The van der Waals surface area contributed by atoms with Gasteiger partial charge in [-0.25, -0.2) is 0 Å². The summed E-state index contributed by atoms with van der Waals surface area (Å²) in [6.07, 6.45) is 0. The van der Waals surface area contributed by atoms with Gasteiger partial charge in [-0.1, -0.05) is 11.6 Å². The number of hydrogen-bond acceptors (Lipinski definition) is 4. The lowest BCUT2D eigenvalue weighted by Gasteiger charge is -2.10. The van der Waals surface area contributed by atoms with E-state index < -0.39 is 5.91 Å². The summed E-state index contributed by atoms with van der Waals surface area (Å²) >= 11 is 5.91. The summed E-state index contributed by atoms with van der Waals surface area (Å²) in [6, 6.07) is 8.02. The molecule has 0 spiro atoms. The second kappa shape index (κ2) is 7.30. The summed E-state index contributed by atoms with van der Waals surface area (Å²) in [5.74, 6) is 0.0976. The fraction of sp³-hybridized carbons (Fsp3) is 0.250. The molecule has 0 saturated heterocycles. The Morgan fingerprint density at radius 3 is 2.57 bits per heavy atom. The van der Waals surface area contributed by atoms with E-state index in [-0.39, 0.29) is 17.2 Å². The zero-order valence-electron chi connectivity index (χ0n) is 13.1. The molecule has 0 unspecified atom stereocenters. The highest BCUT2D eigenvalue weighted by Crippen LogP contribution is 2.22. The molecule has 23 heavy (non-hydrogen) atoms. The first-order chi connectivity index (χ1) is 10.9. The van der Waals surface area contributed by atoms with Crippen LogP contribution in [0.1, 0.15) is 26.7 Å². The first-order valence-electron chi connectivity index (χ1n) is 6.97. The fourth-order valence-electron chi connectivity index (χ4n) is 2.03. The third-order valence-electron chi connectivity index (χ3n) is 3.06. The zero-order chi connectivity index (χ0) is 17.0. The van der Waals surface area contributed by atoms with Gasteiger partial charge in [-0.3, -0.25) is 9.59 Å². The number of rotatable bonds is 5. The van der Waals surface area contributed by atoms with Crippen molar-refractivity contribution >= 4 is 29.1 Å². The predicted octanol–water partition coefficient (Wildman–Crippen LogP) is 2.61. The van der Waals surface area contributed by atoms with Gasteiger partial charge in [0.25, 0.3) is 11.8 Å². The number of nitrogens with zero attached hydrogens (tertiary/aromatic N) is 1. The van der Waals surface area contributed by atoms with Gasteiger partial charge in [0.15, 0.2) is 5.76 Å². The second-order valence-corrected chi connectivity index (χ2v) is 5.66. The van der Waals surface area contributed by atoms with E-state index in [1.807, 2.05) is 19.0 Å². The zero-order valence-corrected chi connectivity index (χ0v) is 13.9. The molecule has 0 aliphatic rings. The van der Waals surface area contributed by atoms with Crippen LogP contribution in [0.15, 0.2) is 34.7 Å². The van der Waals surface area contributed by atoms with E-state index in [1.165, 1.54) is 13.1 Å². The Kier molecular flexibility index (Phi) is 5.41. The summed E-state index contributed by atoms with van der Waals surface area (Å²) in [5.41, 5.74) is 0.651. The Morgan fingerprint density at radius 1 is 1.17 bits per heavy atom. The Hall–Kier alpha value is -2.31. The van der Waals surface area contributed by atoms with Crippen molar-refractivity contribution in [1.82, 2.24) is 10.2 Å². The number of carbonyl (C=O) groups is 2. The molecule has 0 bridgehead atoms. The Balaban J connectivity index is 2.20. The van der Waals surface area contributed by atoms with Crippen molar-refractivity contribution in [2.75, 3.05) is 26.5 Å². The van der Waals surface area contributed by atoms with Crippen LogP contribution in [0.2, 0.25) is 5.02 Å². The quantitative estimate of drug-likeness (QED) is 0.880. The van der Waals surface area contributed by atoms with E-state index in [2.05, 4.69) is 10.6 Å². The number of benzene rings is 1. The normalized spacial score (nSPS) is 10.7. The molecule has 0 fully saturated rings. The molecule has 122 valence electrons. The van der Waals surface area contributed by atoms with Crippen molar-refractivity contribution in [3.05, 3.63) is 52.4 Å². The second-order valence-electron chi connectivity index (χ2n) is 5.23. The van der Waals surface area contributed by atoms with Crippen LogP contribution in [0.3, 0.4) is 0 Å². The standard InChI is InChI=1S/C16H18ClN3O3/c1-18-15(21)12-8-10(17)4-6-13(12)19-16(22)14-7-5-11(23-14)9-20(2)3/h4-8H,9H2,1-3H3,(H,18,21)(H,19,22). The minimum atomic E-state index is -0.428. The number of amides is 2. The lowest BCUT2D eigenvalue weighted by molar-refractivity contribution is 0.0964. The van der Waals surface area contributed by atoms with Gasteiger partial charge in [0, 0.05) is 12.1 Å². The monoisotopic (exact) mass is 335 g/mol. The highest BCUT2D eigenvalue weighted by atomic mass is 35.5. The molecule has 0 radical (unpaired) electrons. The van der Waals surface area contributed by atoms with Crippen molar-refractivity contribution in [2.24, 2.45) is 0 Å².